The van der Waals surface area contributed by atoms with E-state index in [2.05, 4.69) is 24.1 Å². The van der Waals surface area contributed by atoms with Crippen molar-refractivity contribution in [1.82, 2.24) is 4.90 Å². The van der Waals surface area contributed by atoms with Gasteiger partial charge in [-0.2, -0.15) is 0 Å². The summed E-state index contributed by atoms with van der Waals surface area (Å²) in [4.78, 5) is 2.38. The van der Waals surface area contributed by atoms with E-state index in [0.717, 1.165) is 10.6 Å². The first-order valence-electron chi connectivity index (χ1n) is 5.81. The molecule has 1 aromatic carbocycles. The number of nitrogens with two attached hydrogens (primary N) is 1. The van der Waals surface area contributed by atoms with Crippen LogP contribution < -0.4 is 5.73 Å². The van der Waals surface area contributed by atoms with Crippen LogP contribution in [0.15, 0.2) is 18.2 Å². The Kier molecular flexibility index (Phi) is 3.53. The SMILES string of the molecule is Cc1ccc(C(CN)N(C)C2CC2)cc1Cl. The molecular weight excluding hydrogens is 220 g/mol. The molecule has 1 aromatic rings. The van der Waals surface area contributed by atoms with Gasteiger partial charge in [0.05, 0.1) is 0 Å². The summed E-state index contributed by atoms with van der Waals surface area (Å²) in [5.74, 6) is 0. The van der Waals surface area contributed by atoms with Crippen molar-refractivity contribution in [2.45, 2.75) is 31.8 Å². The quantitative estimate of drug-likeness (QED) is 0.874. The Morgan fingerprint density at radius 3 is 2.69 bits per heavy atom. The number of halogens is 1. The third-order valence-electron chi connectivity index (χ3n) is 3.42. The van der Waals surface area contributed by atoms with Gasteiger partial charge < -0.3 is 5.73 Å². The van der Waals surface area contributed by atoms with Gasteiger partial charge in [0.2, 0.25) is 0 Å². The largest absolute Gasteiger partial charge is 0.329 e. The highest BCUT2D eigenvalue weighted by atomic mass is 35.5. The van der Waals surface area contributed by atoms with Gasteiger partial charge in [-0.1, -0.05) is 23.7 Å². The molecule has 88 valence electrons. The highest BCUT2D eigenvalue weighted by molar-refractivity contribution is 6.31. The number of rotatable bonds is 4. The van der Waals surface area contributed by atoms with Crippen molar-refractivity contribution >= 4 is 11.6 Å². The average molecular weight is 239 g/mol. The molecule has 1 saturated carbocycles. The van der Waals surface area contributed by atoms with Crippen molar-refractivity contribution in [3.63, 3.8) is 0 Å². The normalized spacial score (nSPS) is 17.8. The lowest BCUT2D eigenvalue weighted by Crippen LogP contribution is -2.32. The van der Waals surface area contributed by atoms with Crippen molar-refractivity contribution in [3.05, 3.63) is 34.3 Å². The molecule has 1 fully saturated rings. The van der Waals surface area contributed by atoms with E-state index >= 15 is 0 Å². The van der Waals surface area contributed by atoms with Crippen LogP contribution in [0.4, 0.5) is 0 Å². The smallest absolute Gasteiger partial charge is 0.0470 e. The molecule has 0 saturated heterocycles. The molecule has 2 N–H and O–H groups in total. The van der Waals surface area contributed by atoms with Crippen LogP contribution in [0.5, 0.6) is 0 Å². The highest BCUT2D eigenvalue weighted by Crippen LogP contribution is 2.33. The van der Waals surface area contributed by atoms with Crippen LogP contribution in [0.1, 0.15) is 30.0 Å². The maximum atomic E-state index is 6.16. The first kappa shape index (κ1) is 11.9. The first-order chi connectivity index (χ1) is 7.63. The molecule has 2 rings (SSSR count). The molecule has 3 heteroatoms. The maximum Gasteiger partial charge on any atom is 0.0470 e. The first-order valence-corrected chi connectivity index (χ1v) is 6.19. The predicted octanol–water partition coefficient (Wildman–Crippen LogP) is 2.74. The van der Waals surface area contributed by atoms with Crippen LogP contribution in [0.3, 0.4) is 0 Å². The van der Waals surface area contributed by atoms with Crippen molar-refractivity contribution < 1.29 is 0 Å². The lowest BCUT2D eigenvalue weighted by Gasteiger charge is -2.27. The van der Waals surface area contributed by atoms with E-state index in [1.54, 1.807) is 0 Å². The monoisotopic (exact) mass is 238 g/mol. The van der Waals surface area contributed by atoms with Crippen LogP contribution >= 0.6 is 11.6 Å². The third-order valence-corrected chi connectivity index (χ3v) is 3.83. The van der Waals surface area contributed by atoms with Crippen LogP contribution in [-0.2, 0) is 0 Å². The van der Waals surface area contributed by atoms with Crippen LogP contribution in [0, 0.1) is 6.92 Å². The predicted molar refractivity (Wildman–Crippen MR) is 68.8 cm³/mol. The van der Waals surface area contributed by atoms with Gasteiger partial charge in [0.15, 0.2) is 0 Å². The third kappa shape index (κ3) is 2.40. The molecule has 0 bridgehead atoms. The fourth-order valence-corrected chi connectivity index (χ4v) is 2.28. The minimum Gasteiger partial charge on any atom is -0.329 e. The Labute approximate surface area is 102 Å². The molecule has 1 aliphatic carbocycles. The van der Waals surface area contributed by atoms with E-state index in [4.69, 9.17) is 17.3 Å². The van der Waals surface area contributed by atoms with Gasteiger partial charge in [0, 0.05) is 23.7 Å². The number of likely N-dealkylation sites (N-methyl/N-ethyl adjacent to an activating group) is 1. The molecule has 0 amide bonds. The average Bonchev–Trinajstić information content (AvgIpc) is 3.07. The summed E-state index contributed by atoms with van der Waals surface area (Å²) in [6.45, 7) is 2.67. The number of nitrogens with zero attached hydrogens (tertiary/aromatic N) is 1. The Balaban J connectivity index is 2.21. The van der Waals surface area contributed by atoms with Gasteiger partial charge >= 0.3 is 0 Å². The topological polar surface area (TPSA) is 29.3 Å². The standard InChI is InChI=1S/C13H19ClN2/c1-9-3-4-10(7-12(9)14)13(8-15)16(2)11-5-6-11/h3-4,7,11,13H,5-6,8,15H2,1-2H3. The van der Waals surface area contributed by atoms with Gasteiger partial charge in [0.25, 0.3) is 0 Å². The molecule has 0 aromatic heterocycles. The molecule has 1 aliphatic rings. The summed E-state index contributed by atoms with van der Waals surface area (Å²) in [7, 11) is 2.16. The summed E-state index contributed by atoms with van der Waals surface area (Å²) in [5.41, 5.74) is 8.22. The summed E-state index contributed by atoms with van der Waals surface area (Å²) < 4.78 is 0. The highest BCUT2D eigenvalue weighted by Gasteiger charge is 2.31. The van der Waals surface area contributed by atoms with E-state index in [9.17, 15) is 0 Å². The zero-order valence-electron chi connectivity index (χ0n) is 9.91. The van der Waals surface area contributed by atoms with Crippen LogP contribution in [0.25, 0.3) is 0 Å². The minimum absolute atomic E-state index is 0.297. The van der Waals surface area contributed by atoms with E-state index in [1.165, 1.54) is 18.4 Å². The molecule has 1 atom stereocenters. The molecule has 0 spiro atoms. The minimum atomic E-state index is 0.297. The van der Waals surface area contributed by atoms with E-state index in [1.807, 2.05) is 13.0 Å². The second-order valence-corrected chi connectivity index (χ2v) is 5.06. The van der Waals surface area contributed by atoms with Crippen molar-refractivity contribution in [3.8, 4) is 0 Å². The molecule has 0 aliphatic heterocycles. The van der Waals surface area contributed by atoms with Crippen molar-refractivity contribution in [2.24, 2.45) is 5.73 Å². The van der Waals surface area contributed by atoms with Crippen LogP contribution in [-0.4, -0.2) is 24.5 Å². The summed E-state index contributed by atoms with van der Waals surface area (Å²) in [6.07, 6.45) is 2.60. The van der Waals surface area contributed by atoms with Gasteiger partial charge in [-0.05, 0) is 44.0 Å². The second kappa shape index (κ2) is 4.74. The summed E-state index contributed by atoms with van der Waals surface area (Å²) in [6, 6.07) is 7.27. The fraction of sp³-hybridized carbons (Fsp3) is 0.538. The zero-order valence-corrected chi connectivity index (χ0v) is 10.7. The number of hydrogen-bond acceptors (Lipinski definition) is 2. The second-order valence-electron chi connectivity index (χ2n) is 4.66. The van der Waals surface area contributed by atoms with Crippen molar-refractivity contribution in [1.29, 1.82) is 0 Å². The molecule has 0 radical (unpaired) electrons. The molecular formula is C13H19ClN2. The molecule has 2 nitrogen and oxygen atoms in total. The molecule has 1 unspecified atom stereocenters. The van der Waals surface area contributed by atoms with Gasteiger partial charge in [0.1, 0.15) is 0 Å². The van der Waals surface area contributed by atoms with Gasteiger partial charge in [-0.25, -0.2) is 0 Å². The molecule has 0 heterocycles. The van der Waals surface area contributed by atoms with Gasteiger partial charge in [-0.15, -0.1) is 0 Å². The Morgan fingerprint density at radius 2 is 2.19 bits per heavy atom. The number of benzene rings is 1. The number of hydrogen-bond donors (Lipinski definition) is 1. The fourth-order valence-electron chi connectivity index (χ4n) is 2.09. The van der Waals surface area contributed by atoms with Crippen LogP contribution in [0.2, 0.25) is 5.02 Å². The lowest BCUT2D eigenvalue weighted by molar-refractivity contribution is 0.240. The Bertz CT molecular complexity index is 374. The van der Waals surface area contributed by atoms with E-state index in [-0.39, 0.29) is 0 Å². The Hall–Kier alpha value is -0.570. The number of aryl methyl sites for hydroxylation is 1. The Morgan fingerprint density at radius 1 is 1.50 bits per heavy atom. The zero-order chi connectivity index (χ0) is 11.7. The van der Waals surface area contributed by atoms with Gasteiger partial charge in [-0.3, -0.25) is 4.90 Å². The van der Waals surface area contributed by atoms with Crippen molar-refractivity contribution in [2.75, 3.05) is 13.6 Å². The summed E-state index contributed by atoms with van der Waals surface area (Å²) >= 11 is 6.16. The summed E-state index contributed by atoms with van der Waals surface area (Å²) in [5, 5.41) is 0.833. The van der Waals surface area contributed by atoms with E-state index < -0.39 is 0 Å². The molecule has 16 heavy (non-hydrogen) atoms. The van der Waals surface area contributed by atoms with E-state index in [0.29, 0.717) is 18.6 Å². The maximum absolute atomic E-state index is 6.16. The lowest BCUT2D eigenvalue weighted by atomic mass is 10.0.